The topological polar surface area (TPSA) is 59.2 Å². The SMILES string of the molecule is c1cc(NCc2ccn[nH]2)c2c(c1)OCCO2. The molecule has 1 aromatic carbocycles. The summed E-state index contributed by atoms with van der Waals surface area (Å²) in [4.78, 5) is 0. The Labute approximate surface area is 98.8 Å². The third kappa shape index (κ3) is 2.04. The Bertz CT molecular complexity index is 496. The van der Waals surface area contributed by atoms with Crippen LogP contribution in [0, 0.1) is 0 Å². The predicted octanol–water partition coefficient (Wildman–Crippen LogP) is 1.79. The minimum Gasteiger partial charge on any atom is -0.486 e. The maximum atomic E-state index is 5.61. The van der Waals surface area contributed by atoms with Crippen LogP contribution in [0.15, 0.2) is 30.5 Å². The molecule has 17 heavy (non-hydrogen) atoms. The number of nitrogens with zero attached hydrogens (tertiary/aromatic N) is 1. The van der Waals surface area contributed by atoms with Crippen LogP contribution in [0.5, 0.6) is 11.5 Å². The highest BCUT2D eigenvalue weighted by Crippen LogP contribution is 2.37. The standard InChI is InChI=1S/C12H13N3O2/c1-2-10(13-8-9-4-5-14-15-9)12-11(3-1)16-6-7-17-12/h1-5,13H,6-8H2,(H,14,15). The zero-order chi connectivity index (χ0) is 11.5. The van der Waals surface area contributed by atoms with Crippen LogP contribution in [-0.2, 0) is 6.54 Å². The molecule has 88 valence electrons. The Morgan fingerprint density at radius 1 is 1.24 bits per heavy atom. The Morgan fingerprint density at radius 3 is 3.06 bits per heavy atom. The van der Waals surface area contributed by atoms with Gasteiger partial charge >= 0.3 is 0 Å². The molecule has 0 unspecified atom stereocenters. The highest BCUT2D eigenvalue weighted by molar-refractivity contribution is 5.63. The van der Waals surface area contributed by atoms with Gasteiger partial charge in [-0.15, -0.1) is 0 Å². The first-order valence-corrected chi connectivity index (χ1v) is 5.54. The molecule has 1 aliphatic heterocycles. The zero-order valence-electron chi connectivity index (χ0n) is 9.27. The van der Waals surface area contributed by atoms with E-state index in [-0.39, 0.29) is 0 Å². The molecule has 0 saturated carbocycles. The first-order chi connectivity index (χ1) is 8.43. The smallest absolute Gasteiger partial charge is 0.184 e. The summed E-state index contributed by atoms with van der Waals surface area (Å²) < 4.78 is 11.1. The maximum Gasteiger partial charge on any atom is 0.184 e. The number of anilines is 1. The second kappa shape index (κ2) is 4.37. The first-order valence-electron chi connectivity index (χ1n) is 5.54. The molecule has 0 fully saturated rings. The molecule has 0 amide bonds. The summed E-state index contributed by atoms with van der Waals surface area (Å²) in [6, 6.07) is 7.77. The van der Waals surface area contributed by atoms with Gasteiger partial charge in [0.05, 0.1) is 17.9 Å². The van der Waals surface area contributed by atoms with Gasteiger partial charge in [-0.3, -0.25) is 5.10 Å². The molecule has 2 N–H and O–H groups in total. The van der Waals surface area contributed by atoms with Crippen LogP contribution in [0.4, 0.5) is 5.69 Å². The number of ether oxygens (including phenoxy) is 2. The van der Waals surface area contributed by atoms with Crippen molar-refractivity contribution in [3.8, 4) is 11.5 Å². The molecule has 0 aliphatic carbocycles. The van der Waals surface area contributed by atoms with Gasteiger partial charge in [-0.1, -0.05) is 6.07 Å². The van der Waals surface area contributed by atoms with Crippen molar-refractivity contribution in [2.24, 2.45) is 0 Å². The van der Waals surface area contributed by atoms with Gasteiger partial charge in [-0.2, -0.15) is 5.10 Å². The van der Waals surface area contributed by atoms with Gasteiger partial charge in [-0.05, 0) is 18.2 Å². The van der Waals surface area contributed by atoms with Crippen molar-refractivity contribution in [1.29, 1.82) is 0 Å². The average Bonchev–Trinajstić information content (AvgIpc) is 2.89. The number of fused-ring (bicyclic) bond motifs is 1. The Balaban J connectivity index is 1.78. The molecule has 5 nitrogen and oxygen atoms in total. The quantitative estimate of drug-likeness (QED) is 0.845. The molecule has 2 aromatic rings. The number of hydrogen-bond donors (Lipinski definition) is 2. The summed E-state index contributed by atoms with van der Waals surface area (Å²) in [6.45, 7) is 1.88. The Kier molecular flexibility index (Phi) is 2.57. The normalized spacial score (nSPS) is 13.4. The van der Waals surface area contributed by atoms with Crippen molar-refractivity contribution < 1.29 is 9.47 Å². The largest absolute Gasteiger partial charge is 0.486 e. The molecule has 3 rings (SSSR count). The van der Waals surface area contributed by atoms with Crippen molar-refractivity contribution in [3.63, 3.8) is 0 Å². The highest BCUT2D eigenvalue weighted by Gasteiger charge is 2.15. The lowest BCUT2D eigenvalue weighted by atomic mass is 10.2. The van der Waals surface area contributed by atoms with E-state index < -0.39 is 0 Å². The summed E-state index contributed by atoms with van der Waals surface area (Å²) in [7, 11) is 0. The van der Waals surface area contributed by atoms with E-state index in [1.165, 1.54) is 0 Å². The number of hydrogen-bond acceptors (Lipinski definition) is 4. The van der Waals surface area contributed by atoms with Gasteiger partial charge in [-0.25, -0.2) is 0 Å². The molecule has 1 aromatic heterocycles. The number of H-pyrrole nitrogens is 1. The van der Waals surface area contributed by atoms with Crippen LogP contribution in [0.25, 0.3) is 0 Å². The van der Waals surface area contributed by atoms with Crippen LogP contribution in [0.1, 0.15) is 5.69 Å². The van der Waals surface area contributed by atoms with Crippen LogP contribution in [-0.4, -0.2) is 23.4 Å². The van der Waals surface area contributed by atoms with E-state index in [2.05, 4.69) is 15.5 Å². The number of benzene rings is 1. The van der Waals surface area contributed by atoms with Crippen LogP contribution in [0.2, 0.25) is 0 Å². The number of nitrogens with one attached hydrogen (secondary N) is 2. The van der Waals surface area contributed by atoms with Gasteiger partial charge < -0.3 is 14.8 Å². The summed E-state index contributed by atoms with van der Waals surface area (Å²) in [5, 5.41) is 10.1. The summed E-state index contributed by atoms with van der Waals surface area (Å²) in [6.07, 6.45) is 1.73. The Morgan fingerprint density at radius 2 is 2.18 bits per heavy atom. The van der Waals surface area contributed by atoms with Crippen molar-refractivity contribution in [3.05, 3.63) is 36.2 Å². The highest BCUT2D eigenvalue weighted by atomic mass is 16.6. The molecule has 5 heteroatoms. The lowest BCUT2D eigenvalue weighted by Gasteiger charge is -2.21. The molecule has 0 spiro atoms. The van der Waals surface area contributed by atoms with E-state index in [1.807, 2.05) is 24.3 Å². The molecule has 0 bridgehead atoms. The van der Waals surface area contributed by atoms with Crippen LogP contribution >= 0.6 is 0 Å². The summed E-state index contributed by atoms with van der Waals surface area (Å²) in [5.74, 6) is 1.59. The molecule has 1 aliphatic rings. The average molecular weight is 231 g/mol. The predicted molar refractivity (Wildman–Crippen MR) is 63.3 cm³/mol. The first kappa shape index (κ1) is 10.0. The van der Waals surface area contributed by atoms with Crippen molar-refractivity contribution in [2.45, 2.75) is 6.54 Å². The number of rotatable bonds is 3. The van der Waals surface area contributed by atoms with Crippen molar-refractivity contribution >= 4 is 5.69 Å². The fourth-order valence-corrected chi connectivity index (χ4v) is 1.79. The molecule has 2 heterocycles. The minimum atomic E-state index is 0.593. The van der Waals surface area contributed by atoms with E-state index >= 15 is 0 Å². The van der Waals surface area contributed by atoms with E-state index in [0.29, 0.717) is 19.8 Å². The lowest BCUT2D eigenvalue weighted by Crippen LogP contribution is -2.16. The monoisotopic (exact) mass is 231 g/mol. The zero-order valence-corrected chi connectivity index (χ0v) is 9.27. The second-order valence-electron chi connectivity index (χ2n) is 3.77. The number of aromatic nitrogens is 2. The second-order valence-corrected chi connectivity index (χ2v) is 3.77. The number of para-hydroxylation sites is 1. The van der Waals surface area contributed by atoms with Gasteiger partial charge in [0.25, 0.3) is 0 Å². The van der Waals surface area contributed by atoms with Crippen molar-refractivity contribution in [2.75, 3.05) is 18.5 Å². The van der Waals surface area contributed by atoms with Gasteiger partial charge in [0.15, 0.2) is 11.5 Å². The molecular weight excluding hydrogens is 218 g/mol. The van der Waals surface area contributed by atoms with E-state index in [4.69, 9.17) is 9.47 Å². The maximum absolute atomic E-state index is 5.61. The molecule has 0 saturated heterocycles. The van der Waals surface area contributed by atoms with E-state index in [9.17, 15) is 0 Å². The van der Waals surface area contributed by atoms with Crippen LogP contribution in [0.3, 0.4) is 0 Å². The molecule has 0 radical (unpaired) electrons. The fraction of sp³-hybridized carbons (Fsp3) is 0.250. The Hall–Kier alpha value is -2.17. The summed E-state index contributed by atoms with van der Waals surface area (Å²) in [5.41, 5.74) is 1.97. The molecule has 0 atom stereocenters. The summed E-state index contributed by atoms with van der Waals surface area (Å²) >= 11 is 0. The van der Waals surface area contributed by atoms with Crippen LogP contribution < -0.4 is 14.8 Å². The third-order valence-electron chi connectivity index (χ3n) is 2.59. The van der Waals surface area contributed by atoms with Gasteiger partial charge in [0.1, 0.15) is 13.2 Å². The van der Waals surface area contributed by atoms with Gasteiger partial charge in [0, 0.05) is 6.20 Å². The van der Waals surface area contributed by atoms with E-state index in [1.54, 1.807) is 6.20 Å². The van der Waals surface area contributed by atoms with Gasteiger partial charge in [0.2, 0.25) is 0 Å². The lowest BCUT2D eigenvalue weighted by molar-refractivity contribution is 0.172. The third-order valence-corrected chi connectivity index (χ3v) is 2.59. The fourth-order valence-electron chi connectivity index (χ4n) is 1.79. The minimum absolute atomic E-state index is 0.593. The van der Waals surface area contributed by atoms with Crippen molar-refractivity contribution in [1.82, 2.24) is 10.2 Å². The molecular formula is C12H13N3O2. The number of aromatic amines is 1. The van der Waals surface area contributed by atoms with E-state index in [0.717, 1.165) is 22.9 Å².